The van der Waals surface area contributed by atoms with Crippen LogP contribution in [0.25, 0.3) is 0 Å². The molecular formula is C19H21N3O3. The standard InChI is InChI=1S/C19H21N3O3/c1-13-18(25-16-7-3-2-6-15(16)24-13)19(23)21-14-8-9-17(20-12-14)22-10-4-5-11-22/h2-3,6-9,12-13,18H,4-5,10-11H2,1H3,(H,21,23)/t13-,18-/m0/s1. The van der Waals surface area contributed by atoms with Crippen molar-refractivity contribution in [3.63, 3.8) is 0 Å². The second-order valence-electron chi connectivity index (χ2n) is 6.40. The smallest absolute Gasteiger partial charge is 0.269 e. The van der Waals surface area contributed by atoms with E-state index in [1.807, 2.05) is 37.3 Å². The van der Waals surface area contributed by atoms with Gasteiger partial charge in [-0.05, 0) is 44.0 Å². The van der Waals surface area contributed by atoms with E-state index in [1.54, 1.807) is 12.3 Å². The second-order valence-corrected chi connectivity index (χ2v) is 6.40. The first-order chi connectivity index (χ1) is 12.2. The van der Waals surface area contributed by atoms with E-state index in [4.69, 9.17) is 9.47 Å². The maximum atomic E-state index is 12.6. The number of fused-ring (bicyclic) bond motifs is 1. The third kappa shape index (κ3) is 3.24. The van der Waals surface area contributed by atoms with Gasteiger partial charge in [0.05, 0.1) is 11.9 Å². The summed E-state index contributed by atoms with van der Waals surface area (Å²) < 4.78 is 11.6. The molecule has 0 unspecified atom stereocenters. The van der Waals surface area contributed by atoms with Gasteiger partial charge in [0.1, 0.15) is 11.9 Å². The van der Waals surface area contributed by atoms with Gasteiger partial charge in [-0.3, -0.25) is 4.79 Å². The van der Waals surface area contributed by atoms with Crippen LogP contribution >= 0.6 is 0 Å². The van der Waals surface area contributed by atoms with Crippen LogP contribution in [-0.4, -0.2) is 36.2 Å². The average Bonchev–Trinajstić information content (AvgIpc) is 3.16. The molecule has 1 saturated heterocycles. The molecule has 0 bridgehead atoms. The van der Waals surface area contributed by atoms with E-state index in [9.17, 15) is 4.79 Å². The molecule has 0 radical (unpaired) electrons. The van der Waals surface area contributed by atoms with E-state index in [-0.39, 0.29) is 12.0 Å². The fraction of sp³-hybridized carbons (Fsp3) is 0.368. The third-order valence-electron chi connectivity index (χ3n) is 4.55. The number of nitrogens with one attached hydrogen (secondary N) is 1. The van der Waals surface area contributed by atoms with Gasteiger partial charge in [-0.1, -0.05) is 12.1 Å². The number of para-hydroxylation sites is 2. The molecule has 6 nitrogen and oxygen atoms in total. The number of amides is 1. The molecule has 1 aromatic heterocycles. The molecule has 1 aromatic carbocycles. The summed E-state index contributed by atoms with van der Waals surface area (Å²) in [5, 5.41) is 2.87. The molecule has 1 N–H and O–H groups in total. The number of carbonyl (C=O) groups is 1. The van der Waals surface area contributed by atoms with Crippen molar-refractivity contribution in [2.45, 2.75) is 32.0 Å². The fourth-order valence-corrected chi connectivity index (χ4v) is 3.21. The zero-order valence-corrected chi connectivity index (χ0v) is 14.1. The maximum absolute atomic E-state index is 12.6. The summed E-state index contributed by atoms with van der Waals surface area (Å²) in [5.74, 6) is 1.96. The predicted octanol–water partition coefficient (Wildman–Crippen LogP) is 2.85. The van der Waals surface area contributed by atoms with Crippen molar-refractivity contribution >= 4 is 17.4 Å². The molecule has 1 fully saturated rings. The Bertz CT molecular complexity index is 757. The average molecular weight is 339 g/mol. The number of carbonyl (C=O) groups excluding carboxylic acids is 1. The number of anilines is 2. The van der Waals surface area contributed by atoms with Gasteiger partial charge in [0.15, 0.2) is 11.5 Å². The Morgan fingerprint density at radius 3 is 2.52 bits per heavy atom. The number of ether oxygens (including phenoxy) is 2. The van der Waals surface area contributed by atoms with Crippen molar-refractivity contribution in [3.8, 4) is 11.5 Å². The minimum Gasteiger partial charge on any atom is -0.482 e. The van der Waals surface area contributed by atoms with E-state index >= 15 is 0 Å². The Balaban J connectivity index is 1.43. The van der Waals surface area contributed by atoms with Crippen molar-refractivity contribution in [1.82, 2.24) is 4.98 Å². The number of hydrogen-bond acceptors (Lipinski definition) is 5. The van der Waals surface area contributed by atoms with Crippen LogP contribution in [-0.2, 0) is 4.79 Å². The van der Waals surface area contributed by atoms with E-state index in [2.05, 4.69) is 15.2 Å². The highest BCUT2D eigenvalue weighted by Crippen LogP contribution is 2.33. The first-order valence-electron chi connectivity index (χ1n) is 8.65. The lowest BCUT2D eigenvalue weighted by molar-refractivity contribution is -0.128. The van der Waals surface area contributed by atoms with Crippen LogP contribution in [0.1, 0.15) is 19.8 Å². The van der Waals surface area contributed by atoms with Crippen LogP contribution in [0.2, 0.25) is 0 Å². The van der Waals surface area contributed by atoms with E-state index in [0.717, 1.165) is 18.9 Å². The van der Waals surface area contributed by atoms with Crippen LogP contribution in [0.3, 0.4) is 0 Å². The van der Waals surface area contributed by atoms with Gasteiger partial charge in [0.2, 0.25) is 6.10 Å². The number of rotatable bonds is 3. The number of benzene rings is 1. The second kappa shape index (κ2) is 6.63. The molecular weight excluding hydrogens is 318 g/mol. The van der Waals surface area contributed by atoms with Gasteiger partial charge in [0.25, 0.3) is 5.91 Å². The quantitative estimate of drug-likeness (QED) is 0.932. The number of hydrogen-bond donors (Lipinski definition) is 1. The maximum Gasteiger partial charge on any atom is 0.269 e. The lowest BCUT2D eigenvalue weighted by atomic mass is 10.1. The molecule has 2 atom stereocenters. The summed E-state index contributed by atoms with van der Waals surface area (Å²) in [6.07, 6.45) is 3.03. The highest BCUT2D eigenvalue weighted by atomic mass is 16.6. The van der Waals surface area contributed by atoms with Crippen molar-refractivity contribution < 1.29 is 14.3 Å². The molecule has 3 heterocycles. The summed E-state index contributed by atoms with van der Waals surface area (Å²) in [5.41, 5.74) is 0.655. The highest BCUT2D eigenvalue weighted by molar-refractivity contribution is 5.95. The SMILES string of the molecule is C[C@@H]1Oc2ccccc2O[C@@H]1C(=O)Nc1ccc(N2CCCC2)nc1. The fourth-order valence-electron chi connectivity index (χ4n) is 3.21. The van der Waals surface area contributed by atoms with Crippen LogP contribution in [0.5, 0.6) is 11.5 Å². The Hall–Kier alpha value is -2.76. The zero-order valence-electron chi connectivity index (χ0n) is 14.1. The van der Waals surface area contributed by atoms with Gasteiger partial charge in [0, 0.05) is 13.1 Å². The Labute approximate surface area is 146 Å². The molecule has 2 aromatic rings. The lowest BCUT2D eigenvalue weighted by Crippen LogP contribution is -2.46. The number of pyridine rings is 1. The molecule has 2 aliphatic heterocycles. The molecule has 130 valence electrons. The van der Waals surface area contributed by atoms with Gasteiger partial charge >= 0.3 is 0 Å². The minimum absolute atomic E-state index is 0.238. The summed E-state index contributed by atoms with van der Waals surface area (Å²) in [6, 6.07) is 11.2. The third-order valence-corrected chi connectivity index (χ3v) is 4.55. The van der Waals surface area contributed by atoms with Crippen LogP contribution in [0, 0.1) is 0 Å². The summed E-state index contributed by atoms with van der Waals surface area (Å²) in [7, 11) is 0. The molecule has 25 heavy (non-hydrogen) atoms. The first kappa shape index (κ1) is 15.7. The minimum atomic E-state index is -0.701. The Morgan fingerprint density at radius 2 is 1.84 bits per heavy atom. The Kier molecular flexibility index (Phi) is 4.17. The van der Waals surface area contributed by atoms with E-state index in [0.29, 0.717) is 17.2 Å². The predicted molar refractivity (Wildman–Crippen MR) is 95.3 cm³/mol. The number of aromatic nitrogens is 1. The summed E-state index contributed by atoms with van der Waals surface area (Å²) >= 11 is 0. The largest absolute Gasteiger partial charge is 0.482 e. The van der Waals surface area contributed by atoms with Gasteiger partial charge in [-0.25, -0.2) is 4.98 Å². The van der Waals surface area contributed by atoms with Crippen LogP contribution in [0.15, 0.2) is 42.6 Å². The van der Waals surface area contributed by atoms with Crippen molar-refractivity contribution in [1.29, 1.82) is 0 Å². The molecule has 0 saturated carbocycles. The Morgan fingerprint density at radius 1 is 1.12 bits per heavy atom. The summed E-state index contributed by atoms with van der Waals surface area (Å²) in [4.78, 5) is 19.3. The number of nitrogens with zero attached hydrogens (tertiary/aromatic N) is 2. The summed E-state index contributed by atoms with van der Waals surface area (Å²) in [6.45, 7) is 3.92. The monoisotopic (exact) mass is 339 g/mol. The van der Waals surface area contributed by atoms with E-state index in [1.165, 1.54) is 12.8 Å². The highest BCUT2D eigenvalue weighted by Gasteiger charge is 2.34. The van der Waals surface area contributed by atoms with E-state index < -0.39 is 6.10 Å². The lowest BCUT2D eigenvalue weighted by Gasteiger charge is -2.31. The molecule has 0 aliphatic carbocycles. The van der Waals surface area contributed by atoms with Crippen LogP contribution < -0.4 is 19.7 Å². The molecule has 2 aliphatic rings. The van der Waals surface area contributed by atoms with Crippen molar-refractivity contribution in [2.75, 3.05) is 23.3 Å². The van der Waals surface area contributed by atoms with Crippen molar-refractivity contribution in [2.24, 2.45) is 0 Å². The molecule has 4 rings (SSSR count). The van der Waals surface area contributed by atoms with Crippen molar-refractivity contribution in [3.05, 3.63) is 42.6 Å². The van der Waals surface area contributed by atoms with Crippen LogP contribution in [0.4, 0.5) is 11.5 Å². The molecule has 6 heteroatoms. The van der Waals surface area contributed by atoms with Gasteiger partial charge in [-0.2, -0.15) is 0 Å². The van der Waals surface area contributed by atoms with Gasteiger partial charge in [-0.15, -0.1) is 0 Å². The first-order valence-corrected chi connectivity index (χ1v) is 8.65. The van der Waals surface area contributed by atoms with Gasteiger partial charge < -0.3 is 19.7 Å². The molecule has 1 amide bonds. The molecule has 0 spiro atoms. The topological polar surface area (TPSA) is 63.7 Å². The zero-order chi connectivity index (χ0) is 17.2. The normalized spacial score (nSPS) is 21.9.